The maximum absolute atomic E-state index is 11.8. The van der Waals surface area contributed by atoms with E-state index in [0.717, 1.165) is 31.9 Å². The monoisotopic (exact) mass is 460 g/mol. The zero-order valence-electron chi connectivity index (χ0n) is 19.3. The molecule has 1 aliphatic heterocycles. The normalized spacial score (nSPS) is 13.8. The smallest absolute Gasteiger partial charge is 0.267 e. The second kappa shape index (κ2) is 10.7. The first-order valence-corrected chi connectivity index (χ1v) is 11.0. The predicted molar refractivity (Wildman–Crippen MR) is 133 cm³/mol. The Balaban J connectivity index is 1.50. The fourth-order valence-corrected chi connectivity index (χ4v) is 3.52. The molecule has 0 saturated carbocycles. The van der Waals surface area contributed by atoms with Gasteiger partial charge in [-0.3, -0.25) is 4.79 Å². The number of likely N-dealkylation sites (N-methyl/N-ethyl adjacent to an activating group) is 1. The first-order chi connectivity index (χ1) is 16.6. The van der Waals surface area contributed by atoms with Crippen molar-refractivity contribution < 1.29 is 14.3 Å². The molecule has 2 N–H and O–H groups in total. The van der Waals surface area contributed by atoms with Crippen molar-refractivity contribution in [3.05, 3.63) is 67.4 Å². The van der Waals surface area contributed by atoms with Gasteiger partial charge in [0.25, 0.3) is 5.88 Å². The van der Waals surface area contributed by atoms with Crippen molar-refractivity contribution in [3.8, 4) is 17.4 Å². The van der Waals surface area contributed by atoms with E-state index in [1.807, 2.05) is 12.1 Å². The average molecular weight is 461 g/mol. The third kappa shape index (κ3) is 5.62. The first-order valence-electron chi connectivity index (χ1n) is 11.0. The molecule has 0 unspecified atom stereocenters. The lowest BCUT2D eigenvalue weighted by Crippen LogP contribution is -2.44. The lowest BCUT2D eigenvalue weighted by molar-refractivity contribution is -0.111. The van der Waals surface area contributed by atoms with Gasteiger partial charge in [-0.2, -0.15) is 4.98 Å². The predicted octanol–water partition coefficient (Wildman–Crippen LogP) is 3.90. The van der Waals surface area contributed by atoms with Crippen LogP contribution in [0.15, 0.2) is 67.4 Å². The van der Waals surface area contributed by atoms with Crippen LogP contribution in [0.2, 0.25) is 0 Å². The number of nitrogens with zero attached hydrogens (tertiary/aromatic N) is 4. The minimum absolute atomic E-state index is 0.217. The lowest BCUT2D eigenvalue weighted by Gasteiger charge is -2.34. The third-order valence-electron chi connectivity index (χ3n) is 5.47. The Morgan fingerprint density at radius 2 is 1.79 bits per heavy atom. The Bertz CT molecular complexity index is 1140. The summed E-state index contributed by atoms with van der Waals surface area (Å²) in [5.74, 6) is 1.01. The summed E-state index contributed by atoms with van der Waals surface area (Å²) in [6, 6.07) is 15.2. The molecule has 0 spiro atoms. The van der Waals surface area contributed by atoms with Crippen molar-refractivity contribution in [2.75, 3.05) is 55.9 Å². The van der Waals surface area contributed by atoms with Crippen molar-refractivity contribution >= 4 is 28.9 Å². The number of anilines is 4. The van der Waals surface area contributed by atoms with Crippen molar-refractivity contribution in [1.82, 2.24) is 14.9 Å². The second-order valence-electron chi connectivity index (χ2n) is 7.82. The van der Waals surface area contributed by atoms with Gasteiger partial charge in [0, 0.05) is 37.6 Å². The molecule has 1 fully saturated rings. The Morgan fingerprint density at radius 3 is 2.50 bits per heavy atom. The van der Waals surface area contributed by atoms with Gasteiger partial charge < -0.3 is 29.9 Å². The Kier molecular flexibility index (Phi) is 7.24. The summed E-state index contributed by atoms with van der Waals surface area (Å²) in [6.45, 7) is 7.62. The van der Waals surface area contributed by atoms with Crippen LogP contribution in [0.5, 0.6) is 17.4 Å². The summed E-state index contributed by atoms with van der Waals surface area (Å²) >= 11 is 0. The Morgan fingerprint density at radius 1 is 1.06 bits per heavy atom. The van der Waals surface area contributed by atoms with Gasteiger partial charge in [-0.1, -0.05) is 18.7 Å². The molecule has 1 aliphatic rings. The largest absolute Gasteiger partial charge is 0.490 e. The standard InChI is InChI=1S/C25H28N6O3/c1-4-23(32)28-20-7-5-6-8-21(20)34-24-22(33-3)17-26-25(29-24)27-18-9-11-19(12-10-18)31-15-13-30(2)14-16-31/h4-12,17H,1,13-16H2,2-3H3,(H,28,32)(H,26,27,29). The van der Waals surface area contributed by atoms with Crippen molar-refractivity contribution in [3.63, 3.8) is 0 Å². The van der Waals surface area contributed by atoms with Crippen LogP contribution in [0.3, 0.4) is 0 Å². The summed E-state index contributed by atoms with van der Waals surface area (Å²) < 4.78 is 11.4. The molecular formula is C25H28N6O3. The summed E-state index contributed by atoms with van der Waals surface area (Å²) in [4.78, 5) is 25.3. The van der Waals surface area contributed by atoms with Crippen LogP contribution >= 0.6 is 0 Å². The number of piperazine rings is 1. The van der Waals surface area contributed by atoms with E-state index in [1.54, 1.807) is 24.3 Å². The van der Waals surface area contributed by atoms with Crippen LogP contribution in [-0.2, 0) is 4.79 Å². The number of benzene rings is 2. The van der Waals surface area contributed by atoms with Crippen molar-refractivity contribution in [2.24, 2.45) is 0 Å². The van der Waals surface area contributed by atoms with E-state index in [0.29, 0.717) is 23.1 Å². The number of para-hydroxylation sites is 2. The third-order valence-corrected chi connectivity index (χ3v) is 5.47. The molecular weight excluding hydrogens is 432 g/mol. The number of rotatable bonds is 8. The minimum Gasteiger partial charge on any atom is -0.490 e. The van der Waals surface area contributed by atoms with Crippen LogP contribution in [0.25, 0.3) is 0 Å². The topological polar surface area (TPSA) is 91.8 Å². The molecule has 2 heterocycles. The van der Waals surface area contributed by atoms with E-state index >= 15 is 0 Å². The maximum Gasteiger partial charge on any atom is 0.267 e. The van der Waals surface area contributed by atoms with Gasteiger partial charge in [0.15, 0.2) is 11.5 Å². The molecule has 1 saturated heterocycles. The highest BCUT2D eigenvalue weighted by molar-refractivity contribution is 5.99. The van der Waals surface area contributed by atoms with Crippen LogP contribution < -0.4 is 25.0 Å². The zero-order valence-corrected chi connectivity index (χ0v) is 19.3. The Labute approximate surface area is 199 Å². The van der Waals surface area contributed by atoms with E-state index in [4.69, 9.17) is 9.47 Å². The van der Waals surface area contributed by atoms with Gasteiger partial charge >= 0.3 is 0 Å². The lowest BCUT2D eigenvalue weighted by atomic mass is 10.2. The summed E-state index contributed by atoms with van der Waals surface area (Å²) in [7, 11) is 3.66. The van der Waals surface area contributed by atoms with E-state index in [-0.39, 0.29) is 11.8 Å². The molecule has 9 heteroatoms. The first kappa shape index (κ1) is 23.1. The summed E-state index contributed by atoms with van der Waals surface area (Å²) in [5.41, 5.74) is 2.53. The molecule has 34 heavy (non-hydrogen) atoms. The van der Waals surface area contributed by atoms with E-state index in [2.05, 4.69) is 56.2 Å². The van der Waals surface area contributed by atoms with Crippen LogP contribution in [-0.4, -0.2) is 61.1 Å². The maximum atomic E-state index is 11.8. The van der Waals surface area contributed by atoms with Gasteiger partial charge in [0.05, 0.1) is 19.0 Å². The number of methoxy groups -OCH3 is 1. The minimum atomic E-state index is -0.340. The van der Waals surface area contributed by atoms with Crippen LogP contribution in [0, 0.1) is 0 Å². The summed E-state index contributed by atoms with van der Waals surface area (Å²) in [6.07, 6.45) is 2.73. The molecule has 0 atom stereocenters. The van der Waals surface area contributed by atoms with Gasteiger partial charge in [-0.05, 0) is 49.5 Å². The molecule has 1 amide bonds. The number of nitrogens with one attached hydrogen (secondary N) is 2. The number of carbonyl (C=O) groups is 1. The van der Waals surface area contributed by atoms with Gasteiger partial charge in [0.1, 0.15) is 0 Å². The van der Waals surface area contributed by atoms with E-state index in [9.17, 15) is 4.79 Å². The van der Waals surface area contributed by atoms with Crippen molar-refractivity contribution in [2.45, 2.75) is 0 Å². The molecule has 0 bridgehead atoms. The molecule has 0 radical (unpaired) electrons. The molecule has 2 aromatic carbocycles. The number of aromatic nitrogens is 2. The van der Waals surface area contributed by atoms with Gasteiger partial charge in [-0.15, -0.1) is 0 Å². The van der Waals surface area contributed by atoms with Crippen LogP contribution in [0.1, 0.15) is 0 Å². The molecule has 0 aliphatic carbocycles. The fraction of sp³-hybridized carbons (Fsp3) is 0.240. The second-order valence-corrected chi connectivity index (χ2v) is 7.82. The van der Waals surface area contributed by atoms with Gasteiger partial charge in [-0.25, -0.2) is 4.98 Å². The van der Waals surface area contributed by atoms with Gasteiger partial charge in [0.2, 0.25) is 11.9 Å². The van der Waals surface area contributed by atoms with Crippen LogP contribution in [0.4, 0.5) is 23.0 Å². The number of ether oxygens (including phenoxy) is 2. The quantitative estimate of drug-likeness (QED) is 0.489. The zero-order chi connectivity index (χ0) is 23.9. The molecule has 4 rings (SSSR count). The highest BCUT2D eigenvalue weighted by atomic mass is 16.5. The highest BCUT2D eigenvalue weighted by Gasteiger charge is 2.15. The average Bonchev–Trinajstić information content (AvgIpc) is 2.86. The van der Waals surface area contributed by atoms with Crippen molar-refractivity contribution in [1.29, 1.82) is 0 Å². The molecule has 176 valence electrons. The number of amides is 1. The Hall–Kier alpha value is -4.11. The molecule has 3 aromatic rings. The molecule has 1 aromatic heterocycles. The van der Waals surface area contributed by atoms with E-state index in [1.165, 1.54) is 25.1 Å². The van der Waals surface area contributed by atoms with E-state index < -0.39 is 0 Å². The number of carbonyl (C=O) groups excluding carboxylic acids is 1. The molecule has 9 nitrogen and oxygen atoms in total. The number of hydrogen-bond donors (Lipinski definition) is 2. The highest BCUT2D eigenvalue weighted by Crippen LogP contribution is 2.34. The summed E-state index contributed by atoms with van der Waals surface area (Å²) in [5, 5.41) is 5.93. The fourth-order valence-electron chi connectivity index (χ4n) is 3.52. The SMILES string of the molecule is C=CC(=O)Nc1ccccc1Oc1nc(Nc2ccc(N3CCN(C)CC3)cc2)ncc1OC. The number of hydrogen-bond acceptors (Lipinski definition) is 8.